The van der Waals surface area contributed by atoms with Gasteiger partial charge in [-0.25, -0.2) is 0 Å². The minimum Gasteiger partial charge on any atom is -0.496 e. The number of fused-ring (bicyclic) bond motifs is 1. The summed E-state index contributed by atoms with van der Waals surface area (Å²) in [6.07, 6.45) is 4.95. The fourth-order valence-electron chi connectivity index (χ4n) is 3.00. The third-order valence-electron chi connectivity index (χ3n) is 4.10. The molecule has 1 aromatic heterocycles. The molecule has 3 nitrogen and oxygen atoms in total. The quantitative estimate of drug-likeness (QED) is 0.937. The molecule has 0 aliphatic heterocycles. The van der Waals surface area contributed by atoms with Gasteiger partial charge in [-0.15, -0.1) is 11.3 Å². The van der Waals surface area contributed by atoms with Crippen molar-refractivity contribution >= 4 is 11.3 Å². The molecule has 0 radical (unpaired) electrons. The van der Waals surface area contributed by atoms with E-state index in [4.69, 9.17) is 15.2 Å². The molecule has 112 valence electrons. The molecule has 1 aliphatic rings. The predicted molar refractivity (Wildman–Crippen MR) is 86.5 cm³/mol. The number of rotatable bonds is 4. The Morgan fingerprint density at radius 2 is 1.76 bits per heavy atom. The van der Waals surface area contributed by atoms with E-state index in [1.54, 1.807) is 14.2 Å². The fourth-order valence-corrected chi connectivity index (χ4v) is 4.26. The highest BCUT2D eigenvalue weighted by Gasteiger charge is 2.23. The lowest BCUT2D eigenvalue weighted by Crippen LogP contribution is -2.13. The molecule has 1 aromatic carbocycles. The number of benzene rings is 1. The maximum atomic E-state index is 6.53. The van der Waals surface area contributed by atoms with Crippen LogP contribution in [0.25, 0.3) is 0 Å². The van der Waals surface area contributed by atoms with Crippen molar-refractivity contribution in [3.8, 4) is 11.5 Å². The number of methoxy groups -OCH3 is 2. The van der Waals surface area contributed by atoms with Gasteiger partial charge in [-0.3, -0.25) is 0 Å². The zero-order valence-electron chi connectivity index (χ0n) is 12.5. The average molecular weight is 303 g/mol. The Bertz CT molecular complexity index is 590. The second-order valence-corrected chi connectivity index (χ2v) is 6.53. The first-order valence-corrected chi connectivity index (χ1v) is 8.14. The van der Waals surface area contributed by atoms with Crippen LogP contribution >= 0.6 is 11.3 Å². The Kier molecular flexibility index (Phi) is 4.17. The summed E-state index contributed by atoms with van der Waals surface area (Å²) >= 11 is 1.84. The standard InChI is InChI=1S/C17H21NO2S/c1-19-12-7-5-8-13(20-2)16(12)17(18)15-10-11-6-3-4-9-14(11)21-15/h5,7-8,10,17H,3-4,6,9,18H2,1-2H3. The summed E-state index contributed by atoms with van der Waals surface area (Å²) in [6.45, 7) is 0. The summed E-state index contributed by atoms with van der Waals surface area (Å²) in [5.74, 6) is 1.57. The van der Waals surface area contributed by atoms with Crippen LogP contribution in [0.15, 0.2) is 24.3 Å². The molecule has 21 heavy (non-hydrogen) atoms. The maximum Gasteiger partial charge on any atom is 0.127 e. The summed E-state index contributed by atoms with van der Waals surface area (Å²) in [5.41, 5.74) is 8.94. The van der Waals surface area contributed by atoms with Crippen molar-refractivity contribution in [3.63, 3.8) is 0 Å². The zero-order chi connectivity index (χ0) is 14.8. The Morgan fingerprint density at radius 1 is 1.10 bits per heavy atom. The number of thiophene rings is 1. The molecular weight excluding hydrogens is 282 g/mol. The van der Waals surface area contributed by atoms with Crippen LogP contribution in [0.4, 0.5) is 0 Å². The van der Waals surface area contributed by atoms with Gasteiger partial charge in [0.1, 0.15) is 11.5 Å². The number of aryl methyl sites for hydroxylation is 2. The Labute approximate surface area is 129 Å². The predicted octanol–water partition coefficient (Wildman–Crippen LogP) is 3.69. The van der Waals surface area contributed by atoms with Gasteiger partial charge in [0.25, 0.3) is 0 Å². The minimum absolute atomic E-state index is 0.202. The van der Waals surface area contributed by atoms with E-state index in [1.165, 1.54) is 41.0 Å². The van der Waals surface area contributed by atoms with Gasteiger partial charge < -0.3 is 15.2 Å². The van der Waals surface area contributed by atoms with E-state index in [-0.39, 0.29) is 6.04 Å². The van der Waals surface area contributed by atoms with Gasteiger partial charge in [0.2, 0.25) is 0 Å². The lowest BCUT2D eigenvalue weighted by atomic mass is 9.97. The third kappa shape index (κ3) is 2.65. The van der Waals surface area contributed by atoms with E-state index in [1.807, 2.05) is 29.5 Å². The summed E-state index contributed by atoms with van der Waals surface area (Å²) in [7, 11) is 3.34. The molecule has 0 bridgehead atoms. The highest BCUT2D eigenvalue weighted by molar-refractivity contribution is 7.12. The molecule has 4 heteroatoms. The van der Waals surface area contributed by atoms with Crippen molar-refractivity contribution in [1.29, 1.82) is 0 Å². The molecule has 0 spiro atoms. The van der Waals surface area contributed by atoms with E-state index in [9.17, 15) is 0 Å². The topological polar surface area (TPSA) is 44.5 Å². The third-order valence-corrected chi connectivity index (χ3v) is 5.42. The van der Waals surface area contributed by atoms with Crippen LogP contribution in [0.1, 0.15) is 39.8 Å². The SMILES string of the molecule is COc1cccc(OC)c1C(N)c1cc2c(s1)CCCC2. The number of ether oxygens (including phenoxy) is 2. The van der Waals surface area contributed by atoms with Crippen molar-refractivity contribution in [2.24, 2.45) is 5.73 Å². The maximum absolute atomic E-state index is 6.53. The minimum atomic E-state index is -0.202. The van der Waals surface area contributed by atoms with E-state index in [0.29, 0.717) is 0 Å². The smallest absolute Gasteiger partial charge is 0.127 e. The van der Waals surface area contributed by atoms with Gasteiger partial charge in [0, 0.05) is 9.75 Å². The molecule has 0 fully saturated rings. The summed E-state index contributed by atoms with van der Waals surface area (Å²) in [6, 6.07) is 7.87. The van der Waals surface area contributed by atoms with Crippen LogP contribution in [0.5, 0.6) is 11.5 Å². The molecule has 0 amide bonds. The Balaban J connectivity index is 2.01. The number of hydrogen-bond donors (Lipinski definition) is 1. The normalized spacial score (nSPS) is 15.4. The molecule has 0 saturated carbocycles. The van der Waals surface area contributed by atoms with Crippen LogP contribution in [0, 0.1) is 0 Å². The molecule has 0 saturated heterocycles. The largest absolute Gasteiger partial charge is 0.496 e. The van der Waals surface area contributed by atoms with E-state index in [0.717, 1.165) is 17.1 Å². The molecule has 3 rings (SSSR count). The first kappa shape index (κ1) is 14.4. The first-order chi connectivity index (χ1) is 10.2. The monoisotopic (exact) mass is 303 g/mol. The average Bonchev–Trinajstić information content (AvgIpc) is 2.97. The number of hydrogen-bond acceptors (Lipinski definition) is 4. The van der Waals surface area contributed by atoms with E-state index < -0.39 is 0 Å². The van der Waals surface area contributed by atoms with Gasteiger partial charge in [-0.2, -0.15) is 0 Å². The van der Waals surface area contributed by atoms with E-state index >= 15 is 0 Å². The van der Waals surface area contributed by atoms with Crippen LogP contribution in [-0.2, 0) is 12.8 Å². The fraction of sp³-hybridized carbons (Fsp3) is 0.412. The molecule has 2 aromatic rings. The summed E-state index contributed by atoms with van der Waals surface area (Å²) in [4.78, 5) is 2.70. The van der Waals surface area contributed by atoms with Crippen LogP contribution in [0.2, 0.25) is 0 Å². The van der Waals surface area contributed by atoms with E-state index in [2.05, 4.69) is 6.07 Å². The molecule has 1 heterocycles. The van der Waals surface area contributed by atoms with Crippen molar-refractivity contribution in [2.75, 3.05) is 14.2 Å². The van der Waals surface area contributed by atoms with Crippen molar-refractivity contribution < 1.29 is 9.47 Å². The first-order valence-electron chi connectivity index (χ1n) is 7.32. The van der Waals surface area contributed by atoms with Gasteiger partial charge in [0.15, 0.2) is 0 Å². The van der Waals surface area contributed by atoms with Gasteiger partial charge >= 0.3 is 0 Å². The highest BCUT2D eigenvalue weighted by atomic mass is 32.1. The van der Waals surface area contributed by atoms with Crippen LogP contribution < -0.4 is 15.2 Å². The Hall–Kier alpha value is -1.52. The van der Waals surface area contributed by atoms with Gasteiger partial charge in [-0.1, -0.05) is 6.07 Å². The van der Waals surface area contributed by atoms with Crippen LogP contribution in [0.3, 0.4) is 0 Å². The molecule has 2 N–H and O–H groups in total. The molecule has 1 unspecified atom stereocenters. The molecule has 1 atom stereocenters. The summed E-state index contributed by atoms with van der Waals surface area (Å²) in [5, 5.41) is 0. The molecule has 1 aliphatic carbocycles. The van der Waals surface area contributed by atoms with Crippen molar-refractivity contribution in [1.82, 2.24) is 0 Å². The van der Waals surface area contributed by atoms with Crippen LogP contribution in [-0.4, -0.2) is 14.2 Å². The van der Waals surface area contributed by atoms with Gasteiger partial charge in [-0.05, 0) is 49.4 Å². The lowest BCUT2D eigenvalue weighted by molar-refractivity contribution is 0.382. The van der Waals surface area contributed by atoms with Crippen molar-refractivity contribution in [3.05, 3.63) is 45.1 Å². The van der Waals surface area contributed by atoms with Crippen molar-refractivity contribution in [2.45, 2.75) is 31.7 Å². The second kappa shape index (κ2) is 6.08. The second-order valence-electron chi connectivity index (χ2n) is 5.36. The summed E-state index contributed by atoms with van der Waals surface area (Å²) < 4.78 is 11.0. The molecular formula is C17H21NO2S. The number of nitrogens with two attached hydrogens (primary N) is 1. The van der Waals surface area contributed by atoms with Gasteiger partial charge in [0.05, 0.1) is 25.8 Å². The zero-order valence-corrected chi connectivity index (χ0v) is 13.3. The lowest BCUT2D eigenvalue weighted by Gasteiger charge is -2.17. The Morgan fingerprint density at radius 3 is 2.38 bits per heavy atom. The highest BCUT2D eigenvalue weighted by Crippen LogP contribution is 2.40.